The number of nitrogens with zero attached hydrogens (tertiary/aromatic N) is 1. The zero-order valence-corrected chi connectivity index (χ0v) is 16.7. The number of carbonyl (C=O) groups is 3. The lowest BCUT2D eigenvalue weighted by Crippen LogP contribution is -2.54. The molecule has 6 nitrogen and oxygen atoms in total. The molecule has 3 rings (SSSR count). The molecule has 0 bridgehead atoms. The zero-order valence-electron chi connectivity index (χ0n) is 14.5. The van der Waals surface area contributed by atoms with Gasteiger partial charge in [-0.25, -0.2) is 9.69 Å². The fraction of sp³-hybridized carbons (Fsp3) is 0.105. The first-order valence-electron chi connectivity index (χ1n) is 8.10. The summed E-state index contributed by atoms with van der Waals surface area (Å²) in [6, 6.07) is 8.18. The van der Waals surface area contributed by atoms with E-state index >= 15 is 0 Å². The molecular formula is C19H13Cl3N2O4. The molecular weight excluding hydrogens is 427 g/mol. The van der Waals surface area contributed by atoms with Crippen molar-refractivity contribution in [3.05, 3.63) is 62.6 Å². The van der Waals surface area contributed by atoms with E-state index in [2.05, 4.69) is 5.32 Å². The normalized spacial score (nSPS) is 15.8. The van der Waals surface area contributed by atoms with E-state index in [9.17, 15) is 14.4 Å². The largest absolute Gasteiger partial charge is 0.493 e. The van der Waals surface area contributed by atoms with E-state index in [1.54, 1.807) is 25.1 Å². The number of amides is 4. The van der Waals surface area contributed by atoms with Gasteiger partial charge >= 0.3 is 6.03 Å². The first-order valence-corrected chi connectivity index (χ1v) is 9.24. The Hall–Kier alpha value is -2.54. The number of carbonyl (C=O) groups excluding carboxylic acids is 3. The second-order valence-corrected chi connectivity index (χ2v) is 6.92. The molecule has 0 saturated carbocycles. The van der Waals surface area contributed by atoms with Crippen LogP contribution in [0.25, 0.3) is 6.08 Å². The van der Waals surface area contributed by atoms with Crippen molar-refractivity contribution < 1.29 is 19.1 Å². The van der Waals surface area contributed by atoms with Gasteiger partial charge in [0.15, 0.2) is 0 Å². The van der Waals surface area contributed by atoms with Crippen LogP contribution in [0.3, 0.4) is 0 Å². The van der Waals surface area contributed by atoms with Crippen LogP contribution in [0.1, 0.15) is 12.5 Å². The van der Waals surface area contributed by atoms with Gasteiger partial charge in [0.25, 0.3) is 11.8 Å². The molecule has 1 fully saturated rings. The molecule has 1 aliphatic heterocycles. The van der Waals surface area contributed by atoms with Gasteiger partial charge in [-0.3, -0.25) is 14.9 Å². The van der Waals surface area contributed by atoms with Crippen LogP contribution in [0.4, 0.5) is 10.5 Å². The van der Waals surface area contributed by atoms with Crippen molar-refractivity contribution in [2.24, 2.45) is 0 Å². The molecule has 0 unspecified atom stereocenters. The Morgan fingerprint density at radius 3 is 2.46 bits per heavy atom. The summed E-state index contributed by atoms with van der Waals surface area (Å²) in [5.74, 6) is -1.19. The number of hydrogen-bond donors (Lipinski definition) is 1. The van der Waals surface area contributed by atoms with Crippen molar-refractivity contribution in [1.82, 2.24) is 5.32 Å². The number of halogens is 3. The van der Waals surface area contributed by atoms with E-state index < -0.39 is 17.8 Å². The third-order valence-electron chi connectivity index (χ3n) is 3.83. The molecule has 0 atom stereocenters. The zero-order chi connectivity index (χ0) is 20.4. The third-order valence-corrected chi connectivity index (χ3v) is 4.81. The van der Waals surface area contributed by atoms with Gasteiger partial charge in [-0.1, -0.05) is 34.8 Å². The fourth-order valence-electron chi connectivity index (χ4n) is 2.59. The molecule has 9 heteroatoms. The Morgan fingerprint density at radius 2 is 1.79 bits per heavy atom. The molecule has 2 aromatic carbocycles. The average Bonchev–Trinajstić information content (AvgIpc) is 2.63. The Labute approximate surface area is 175 Å². The van der Waals surface area contributed by atoms with Crippen LogP contribution in [0.5, 0.6) is 5.75 Å². The van der Waals surface area contributed by atoms with Crippen molar-refractivity contribution in [2.45, 2.75) is 6.92 Å². The number of hydrogen-bond acceptors (Lipinski definition) is 4. The maximum atomic E-state index is 12.9. The van der Waals surface area contributed by atoms with Crippen molar-refractivity contribution >= 4 is 64.4 Å². The summed E-state index contributed by atoms with van der Waals surface area (Å²) < 4.78 is 5.51. The summed E-state index contributed by atoms with van der Waals surface area (Å²) >= 11 is 17.9. The van der Waals surface area contributed by atoms with Gasteiger partial charge in [-0.2, -0.15) is 0 Å². The minimum atomic E-state index is -0.887. The fourth-order valence-corrected chi connectivity index (χ4v) is 3.06. The van der Waals surface area contributed by atoms with Gasteiger partial charge in [0, 0.05) is 10.6 Å². The summed E-state index contributed by atoms with van der Waals surface area (Å²) in [5, 5.41) is 2.97. The number of benzene rings is 2. The summed E-state index contributed by atoms with van der Waals surface area (Å²) in [5.41, 5.74) is 0.344. The smallest absolute Gasteiger partial charge is 0.335 e. The lowest BCUT2D eigenvalue weighted by Gasteiger charge is -2.26. The Kier molecular flexibility index (Phi) is 5.93. The molecule has 0 spiro atoms. The highest BCUT2D eigenvalue weighted by Gasteiger charge is 2.37. The Bertz CT molecular complexity index is 1020. The Balaban J connectivity index is 2.06. The van der Waals surface area contributed by atoms with Crippen LogP contribution in [-0.2, 0) is 9.59 Å². The minimum Gasteiger partial charge on any atom is -0.493 e. The highest BCUT2D eigenvalue weighted by atomic mass is 35.5. The summed E-state index contributed by atoms with van der Waals surface area (Å²) in [7, 11) is 0. The summed E-state index contributed by atoms with van der Waals surface area (Å²) in [6.45, 7) is 2.18. The van der Waals surface area contributed by atoms with Gasteiger partial charge < -0.3 is 4.74 Å². The van der Waals surface area contributed by atoms with Crippen molar-refractivity contribution in [1.29, 1.82) is 0 Å². The molecule has 1 saturated heterocycles. The third kappa shape index (κ3) is 3.99. The Morgan fingerprint density at radius 1 is 1.04 bits per heavy atom. The lowest BCUT2D eigenvalue weighted by atomic mass is 10.1. The topological polar surface area (TPSA) is 75.7 Å². The molecule has 28 heavy (non-hydrogen) atoms. The number of urea groups is 1. The standard InChI is InChI=1S/C19H13Cl3N2O4/c1-2-28-16-6-3-11(20)7-10(16)8-13-17(25)23-19(27)24(18(13)26)12-4-5-14(21)15(22)9-12/h3-9H,2H2,1H3,(H,23,25,27)/b13-8+. The van der Waals surface area contributed by atoms with Gasteiger partial charge in [0.1, 0.15) is 11.3 Å². The van der Waals surface area contributed by atoms with Crippen LogP contribution in [0.15, 0.2) is 42.0 Å². The number of nitrogens with one attached hydrogen (secondary N) is 1. The lowest BCUT2D eigenvalue weighted by molar-refractivity contribution is -0.122. The molecule has 1 heterocycles. The average molecular weight is 440 g/mol. The van der Waals surface area contributed by atoms with Gasteiger partial charge in [-0.05, 0) is 49.4 Å². The maximum Gasteiger partial charge on any atom is 0.335 e. The van der Waals surface area contributed by atoms with Gasteiger partial charge in [0.2, 0.25) is 0 Å². The first kappa shape index (κ1) is 20.2. The van der Waals surface area contributed by atoms with E-state index in [1.165, 1.54) is 24.3 Å². The summed E-state index contributed by atoms with van der Waals surface area (Å²) in [6.07, 6.45) is 1.32. The van der Waals surface area contributed by atoms with Crippen molar-refractivity contribution in [3.63, 3.8) is 0 Å². The van der Waals surface area contributed by atoms with E-state index in [1.807, 2.05) is 0 Å². The monoisotopic (exact) mass is 438 g/mol. The predicted octanol–water partition coefficient (Wildman–Crippen LogP) is 4.71. The first-order chi connectivity index (χ1) is 13.3. The quantitative estimate of drug-likeness (QED) is 0.553. The molecule has 1 N–H and O–H groups in total. The molecule has 144 valence electrons. The van der Waals surface area contributed by atoms with E-state index in [0.29, 0.717) is 22.9 Å². The van der Waals surface area contributed by atoms with Gasteiger partial charge in [0.05, 0.1) is 22.3 Å². The van der Waals surface area contributed by atoms with Crippen LogP contribution < -0.4 is 15.0 Å². The highest BCUT2D eigenvalue weighted by Crippen LogP contribution is 2.31. The number of barbiturate groups is 1. The minimum absolute atomic E-state index is 0.163. The second-order valence-electron chi connectivity index (χ2n) is 5.67. The molecule has 1 aliphatic rings. The number of rotatable bonds is 4. The van der Waals surface area contributed by atoms with Crippen molar-refractivity contribution in [2.75, 3.05) is 11.5 Å². The van der Waals surface area contributed by atoms with E-state index in [4.69, 9.17) is 39.5 Å². The number of anilines is 1. The second kappa shape index (κ2) is 8.22. The molecule has 0 radical (unpaired) electrons. The maximum absolute atomic E-state index is 12.9. The van der Waals surface area contributed by atoms with E-state index in [-0.39, 0.29) is 21.3 Å². The SMILES string of the molecule is CCOc1ccc(Cl)cc1/C=C1\C(=O)NC(=O)N(c2ccc(Cl)c(Cl)c2)C1=O. The van der Waals surface area contributed by atoms with Crippen LogP contribution in [0.2, 0.25) is 15.1 Å². The van der Waals surface area contributed by atoms with Crippen molar-refractivity contribution in [3.8, 4) is 5.75 Å². The molecule has 4 amide bonds. The van der Waals surface area contributed by atoms with E-state index in [0.717, 1.165) is 4.90 Å². The highest BCUT2D eigenvalue weighted by molar-refractivity contribution is 6.43. The molecule has 0 aromatic heterocycles. The number of ether oxygens (including phenoxy) is 1. The molecule has 2 aromatic rings. The summed E-state index contributed by atoms with van der Waals surface area (Å²) in [4.78, 5) is 38.3. The number of imide groups is 2. The van der Waals surface area contributed by atoms with Crippen LogP contribution >= 0.6 is 34.8 Å². The predicted molar refractivity (Wildman–Crippen MR) is 108 cm³/mol. The van der Waals surface area contributed by atoms with Crippen LogP contribution in [0, 0.1) is 0 Å². The molecule has 0 aliphatic carbocycles. The van der Waals surface area contributed by atoms with Crippen LogP contribution in [-0.4, -0.2) is 24.5 Å². The van der Waals surface area contributed by atoms with Gasteiger partial charge in [-0.15, -0.1) is 0 Å².